The normalized spacial score (nSPS) is 32.4. The minimum atomic E-state index is -0.454. The zero-order valence-electron chi connectivity index (χ0n) is 11.7. The molecule has 2 aliphatic carbocycles. The number of carbonyl (C=O) groups excluding carboxylic acids is 1. The van der Waals surface area contributed by atoms with E-state index in [1.54, 1.807) is 11.8 Å². The molecule has 0 spiro atoms. The van der Waals surface area contributed by atoms with Gasteiger partial charge in [0.2, 0.25) is 5.91 Å². The van der Waals surface area contributed by atoms with Crippen LogP contribution in [0.2, 0.25) is 0 Å². The maximum absolute atomic E-state index is 12.0. The van der Waals surface area contributed by atoms with E-state index in [0.717, 1.165) is 31.4 Å². The smallest absolute Gasteiger partial charge is 0.238 e. The van der Waals surface area contributed by atoms with Gasteiger partial charge in [-0.1, -0.05) is 13.3 Å². The molecule has 0 aromatic heterocycles. The lowest BCUT2D eigenvalue weighted by molar-refractivity contribution is -0.126. The van der Waals surface area contributed by atoms with Gasteiger partial charge in [-0.3, -0.25) is 4.79 Å². The lowest BCUT2D eigenvalue weighted by atomic mass is 9.84. The Labute approximate surface area is 119 Å². The number of carbonyl (C=O) groups is 1. The Morgan fingerprint density at radius 1 is 1.53 bits per heavy atom. The number of thioether (sulfide) groups is 1. The van der Waals surface area contributed by atoms with Crippen LogP contribution in [0.15, 0.2) is 0 Å². The largest absolute Gasteiger partial charge is 0.395 e. The minimum Gasteiger partial charge on any atom is -0.395 e. The second kappa shape index (κ2) is 6.46. The molecule has 0 aromatic carbocycles. The zero-order valence-corrected chi connectivity index (χ0v) is 12.5. The molecule has 2 fully saturated rings. The molecule has 2 aliphatic rings. The van der Waals surface area contributed by atoms with Crippen molar-refractivity contribution in [1.82, 2.24) is 5.32 Å². The molecule has 3 atom stereocenters. The van der Waals surface area contributed by atoms with E-state index in [-0.39, 0.29) is 17.8 Å². The van der Waals surface area contributed by atoms with Gasteiger partial charge in [-0.2, -0.15) is 11.8 Å². The quantitative estimate of drug-likeness (QED) is 0.628. The van der Waals surface area contributed by atoms with Gasteiger partial charge < -0.3 is 16.2 Å². The minimum absolute atomic E-state index is 0.165. The summed E-state index contributed by atoms with van der Waals surface area (Å²) in [7, 11) is 0. The van der Waals surface area contributed by atoms with Crippen LogP contribution in [-0.2, 0) is 4.79 Å². The predicted octanol–water partition coefficient (Wildman–Crippen LogP) is 1.27. The number of hydrogen-bond acceptors (Lipinski definition) is 4. The fourth-order valence-corrected chi connectivity index (χ4v) is 4.04. The van der Waals surface area contributed by atoms with Crippen molar-refractivity contribution in [2.45, 2.75) is 62.3 Å². The van der Waals surface area contributed by atoms with Crippen molar-refractivity contribution >= 4 is 17.7 Å². The fraction of sp³-hybridized carbons (Fsp3) is 0.929. The highest BCUT2D eigenvalue weighted by Crippen LogP contribution is 2.41. The van der Waals surface area contributed by atoms with Crippen LogP contribution in [0.5, 0.6) is 0 Å². The summed E-state index contributed by atoms with van der Waals surface area (Å²) in [6.45, 7) is 2.25. The highest BCUT2D eigenvalue weighted by atomic mass is 32.2. The molecule has 0 bridgehead atoms. The number of aliphatic hydroxyl groups is 1. The Morgan fingerprint density at radius 3 is 2.84 bits per heavy atom. The Morgan fingerprint density at radius 2 is 2.26 bits per heavy atom. The molecule has 2 saturated carbocycles. The molecule has 0 heterocycles. The molecule has 19 heavy (non-hydrogen) atoms. The third-order valence-corrected chi connectivity index (χ3v) is 5.61. The van der Waals surface area contributed by atoms with E-state index >= 15 is 0 Å². The second-order valence-electron chi connectivity index (χ2n) is 6.00. The number of amides is 1. The van der Waals surface area contributed by atoms with E-state index in [4.69, 9.17) is 10.8 Å². The average Bonchev–Trinajstić information content (AvgIpc) is 3.09. The molecule has 0 saturated heterocycles. The maximum atomic E-state index is 12.0. The van der Waals surface area contributed by atoms with Crippen LogP contribution in [0.25, 0.3) is 0 Å². The summed E-state index contributed by atoms with van der Waals surface area (Å²) in [5.41, 5.74) is 5.25. The summed E-state index contributed by atoms with van der Waals surface area (Å²) in [4.78, 5) is 12.0. The molecule has 110 valence electrons. The first-order valence-electron chi connectivity index (χ1n) is 7.38. The van der Waals surface area contributed by atoms with Crippen molar-refractivity contribution in [3.63, 3.8) is 0 Å². The fourth-order valence-electron chi connectivity index (χ4n) is 3.11. The van der Waals surface area contributed by atoms with Crippen LogP contribution >= 0.6 is 11.8 Å². The third-order valence-electron chi connectivity index (χ3n) is 4.43. The van der Waals surface area contributed by atoms with Crippen molar-refractivity contribution < 1.29 is 9.90 Å². The van der Waals surface area contributed by atoms with E-state index in [1.165, 1.54) is 12.8 Å². The first-order chi connectivity index (χ1) is 9.08. The number of aliphatic hydroxyl groups excluding tert-OH is 1. The topological polar surface area (TPSA) is 75.3 Å². The first kappa shape index (κ1) is 15.1. The van der Waals surface area contributed by atoms with Gasteiger partial charge in [-0.15, -0.1) is 0 Å². The number of nitrogens with two attached hydrogens (primary N) is 1. The number of rotatable bonds is 8. The zero-order chi connectivity index (χ0) is 13.9. The highest BCUT2D eigenvalue weighted by Gasteiger charge is 2.49. The lowest BCUT2D eigenvalue weighted by Gasteiger charge is -2.34. The van der Waals surface area contributed by atoms with Gasteiger partial charge in [0, 0.05) is 11.3 Å². The van der Waals surface area contributed by atoms with E-state index < -0.39 is 5.54 Å². The number of hydrogen-bond donors (Lipinski definition) is 3. The second-order valence-corrected chi connectivity index (χ2v) is 7.54. The molecule has 3 unspecified atom stereocenters. The molecule has 4 N–H and O–H groups in total. The molecule has 2 rings (SSSR count). The summed E-state index contributed by atoms with van der Waals surface area (Å²) in [5, 5.41) is 12.9. The summed E-state index contributed by atoms with van der Waals surface area (Å²) in [5.74, 6) is 1.19. The standard InChI is InChI=1S/C14H26N2O2S/c1-10(9-17)19-8-6-11-3-2-7-14(11,13(15)18)16-12-4-5-12/h10-12,16-17H,2-9H2,1H3,(H2,15,18). The van der Waals surface area contributed by atoms with Crippen molar-refractivity contribution in [2.24, 2.45) is 11.7 Å². The van der Waals surface area contributed by atoms with E-state index in [2.05, 4.69) is 5.32 Å². The Balaban J connectivity index is 1.90. The molecule has 0 radical (unpaired) electrons. The highest BCUT2D eigenvalue weighted by molar-refractivity contribution is 7.99. The van der Waals surface area contributed by atoms with Crippen molar-refractivity contribution in [3.8, 4) is 0 Å². The van der Waals surface area contributed by atoms with Crippen LogP contribution < -0.4 is 11.1 Å². The van der Waals surface area contributed by atoms with Gasteiger partial charge >= 0.3 is 0 Å². The van der Waals surface area contributed by atoms with Crippen LogP contribution in [0, 0.1) is 5.92 Å². The summed E-state index contributed by atoms with van der Waals surface area (Å²) < 4.78 is 0. The van der Waals surface area contributed by atoms with Gasteiger partial charge in [0.15, 0.2) is 0 Å². The van der Waals surface area contributed by atoms with Crippen molar-refractivity contribution in [2.75, 3.05) is 12.4 Å². The van der Waals surface area contributed by atoms with Crippen molar-refractivity contribution in [3.05, 3.63) is 0 Å². The summed E-state index contributed by atoms with van der Waals surface area (Å²) >= 11 is 1.78. The van der Waals surface area contributed by atoms with Crippen LogP contribution in [0.1, 0.15) is 45.4 Å². The van der Waals surface area contributed by atoms with Gasteiger partial charge in [-0.25, -0.2) is 0 Å². The van der Waals surface area contributed by atoms with Gasteiger partial charge in [0.25, 0.3) is 0 Å². The molecular weight excluding hydrogens is 260 g/mol. The van der Waals surface area contributed by atoms with Crippen LogP contribution in [0.4, 0.5) is 0 Å². The monoisotopic (exact) mass is 286 g/mol. The lowest BCUT2D eigenvalue weighted by Crippen LogP contribution is -2.58. The van der Waals surface area contributed by atoms with Gasteiger partial charge in [0.05, 0.1) is 6.61 Å². The third kappa shape index (κ3) is 3.64. The van der Waals surface area contributed by atoms with E-state index in [1.807, 2.05) is 6.92 Å². The van der Waals surface area contributed by atoms with Gasteiger partial charge in [-0.05, 0) is 43.8 Å². The van der Waals surface area contributed by atoms with Crippen LogP contribution in [0.3, 0.4) is 0 Å². The molecule has 4 nitrogen and oxygen atoms in total. The molecule has 5 heteroatoms. The summed E-state index contributed by atoms with van der Waals surface area (Å²) in [6, 6.07) is 0.511. The van der Waals surface area contributed by atoms with E-state index in [9.17, 15) is 4.79 Å². The van der Waals surface area contributed by atoms with Crippen LogP contribution in [-0.4, -0.2) is 40.2 Å². The van der Waals surface area contributed by atoms with Crippen molar-refractivity contribution in [1.29, 1.82) is 0 Å². The van der Waals surface area contributed by atoms with E-state index in [0.29, 0.717) is 12.0 Å². The van der Waals surface area contributed by atoms with Gasteiger partial charge in [0.1, 0.15) is 5.54 Å². The molecular formula is C14H26N2O2S. The predicted molar refractivity (Wildman–Crippen MR) is 79.0 cm³/mol. The Bertz CT molecular complexity index is 323. The number of primary amides is 1. The number of nitrogens with one attached hydrogen (secondary N) is 1. The molecule has 0 aliphatic heterocycles. The first-order valence-corrected chi connectivity index (χ1v) is 8.43. The molecule has 0 aromatic rings. The Hall–Kier alpha value is -0.260. The summed E-state index contributed by atoms with van der Waals surface area (Å²) in [6.07, 6.45) is 6.45. The maximum Gasteiger partial charge on any atom is 0.238 e. The average molecular weight is 286 g/mol. The molecule has 1 amide bonds. The SMILES string of the molecule is CC(CO)SCCC1CCCC1(NC1CC1)C(N)=O. The Kier molecular flexibility index (Phi) is 5.15.